The highest BCUT2D eigenvalue weighted by atomic mass is 16.4. The molecule has 3 unspecified atom stereocenters. The van der Waals surface area contributed by atoms with Crippen LogP contribution in [0.5, 0.6) is 0 Å². The molecular weight excluding hydrogens is 206 g/mol. The van der Waals surface area contributed by atoms with Gasteiger partial charge in [-0.1, -0.05) is 13.3 Å². The zero-order chi connectivity index (χ0) is 12.1. The molecule has 0 aromatic rings. The molecule has 4 heteroatoms. The lowest BCUT2D eigenvalue weighted by Gasteiger charge is -2.19. The minimum atomic E-state index is -0.810. The molecule has 0 aromatic carbocycles. The maximum atomic E-state index is 11.9. The Kier molecular flexibility index (Phi) is 4.77. The van der Waals surface area contributed by atoms with Crippen LogP contribution in [0.3, 0.4) is 0 Å². The molecule has 0 bridgehead atoms. The standard InChI is InChI=1S/C12H21NO3/c1-8-4-3-5-10(8)12(16)13-9(2)6-7-11(14)15/h8-10H,3-7H2,1-2H3,(H,13,16)(H,14,15). The van der Waals surface area contributed by atoms with Crippen LogP contribution in [-0.4, -0.2) is 23.0 Å². The molecule has 0 spiro atoms. The summed E-state index contributed by atoms with van der Waals surface area (Å²) >= 11 is 0. The number of carbonyl (C=O) groups is 2. The van der Waals surface area contributed by atoms with E-state index in [-0.39, 0.29) is 24.3 Å². The van der Waals surface area contributed by atoms with Gasteiger partial charge < -0.3 is 10.4 Å². The Bertz CT molecular complexity index is 265. The number of aliphatic carboxylic acids is 1. The maximum Gasteiger partial charge on any atom is 0.303 e. The molecule has 1 rings (SSSR count). The van der Waals surface area contributed by atoms with Gasteiger partial charge in [0.25, 0.3) is 0 Å². The fourth-order valence-electron chi connectivity index (χ4n) is 2.30. The third-order valence-electron chi connectivity index (χ3n) is 3.38. The Morgan fingerprint density at radius 3 is 2.62 bits per heavy atom. The summed E-state index contributed by atoms with van der Waals surface area (Å²) in [6.45, 7) is 3.97. The summed E-state index contributed by atoms with van der Waals surface area (Å²) in [5, 5.41) is 11.4. The fraction of sp³-hybridized carbons (Fsp3) is 0.833. The lowest BCUT2D eigenvalue weighted by Crippen LogP contribution is -2.38. The first-order valence-electron chi connectivity index (χ1n) is 6.03. The minimum absolute atomic E-state index is 0.0450. The predicted octanol–water partition coefficient (Wildman–Crippen LogP) is 1.79. The van der Waals surface area contributed by atoms with E-state index in [1.807, 2.05) is 6.92 Å². The van der Waals surface area contributed by atoms with E-state index in [0.29, 0.717) is 12.3 Å². The Balaban J connectivity index is 2.30. The van der Waals surface area contributed by atoms with Gasteiger partial charge in [-0.15, -0.1) is 0 Å². The number of hydrogen-bond acceptors (Lipinski definition) is 2. The second kappa shape index (κ2) is 5.87. The van der Waals surface area contributed by atoms with Crippen molar-refractivity contribution in [3.8, 4) is 0 Å². The molecule has 92 valence electrons. The van der Waals surface area contributed by atoms with Crippen molar-refractivity contribution in [1.82, 2.24) is 5.32 Å². The molecule has 4 nitrogen and oxygen atoms in total. The minimum Gasteiger partial charge on any atom is -0.481 e. The van der Waals surface area contributed by atoms with Gasteiger partial charge in [-0.05, 0) is 32.1 Å². The van der Waals surface area contributed by atoms with Crippen LogP contribution in [0.4, 0.5) is 0 Å². The third kappa shape index (κ3) is 3.83. The molecule has 1 amide bonds. The first-order chi connectivity index (χ1) is 7.50. The van der Waals surface area contributed by atoms with Gasteiger partial charge >= 0.3 is 5.97 Å². The average molecular weight is 227 g/mol. The molecule has 16 heavy (non-hydrogen) atoms. The monoisotopic (exact) mass is 227 g/mol. The number of carboxylic acid groups (broad SMARTS) is 1. The summed E-state index contributed by atoms with van der Waals surface area (Å²) in [4.78, 5) is 22.2. The summed E-state index contributed by atoms with van der Waals surface area (Å²) in [5.74, 6) is -0.114. The second-order valence-electron chi connectivity index (χ2n) is 4.86. The quantitative estimate of drug-likeness (QED) is 0.752. The van der Waals surface area contributed by atoms with Gasteiger partial charge in [0.05, 0.1) is 0 Å². The Morgan fingerprint density at radius 1 is 1.44 bits per heavy atom. The van der Waals surface area contributed by atoms with Gasteiger partial charge in [0.2, 0.25) is 5.91 Å². The van der Waals surface area contributed by atoms with E-state index in [0.717, 1.165) is 19.3 Å². The van der Waals surface area contributed by atoms with Gasteiger partial charge in [-0.2, -0.15) is 0 Å². The highest BCUT2D eigenvalue weighted by molar-refractivity contribution is 5.79. The van der Waals surface area contributed by atoms with E-state index in [9.17, 15) is 9.59 Å². The predicted molar refractivity (Wildman–Crippen MR) is 61.0 cm³/mol. The molecule has 0 saturated heterocycles. The van der Waals surface area contributed by atoms with Crippen LogP contribution in [0.2, 0.25) is 0 Å². The second-order valence-corrected chi connectivity index (χ2v) is 4.86. The molecule has 0 heterocycles. The number of amides is 1. The van der Waals surface area contributed by atoms with Gasteiger partial charge in [-0.3, -0.25) is 9.59 Å². The van der Waals surface area contributed by atoms with E-state index < -0.39 is 5.97 Å². The van der Waals surface area contributed by atoms with Crippen LogP contribution in [-0.2, 0) is 9.59 Å². The molecule has 1 saturated carbocycles. The summed E-state index contributed by atoms with van der Waals surface area (Å²) in [6.07, 6.45) is 3.84. The van der Waals surface area contributed by atoms with Gasteiger partial charge in [0.1, 0.15) is 0 Å². The van der Waals surface area contributed by atoms with Crippen LogP contribution in [0.15, 0.2) is 0 Å². The third-order valence-corrected chi connectivity index (χ3v) is 3.38. The molecule has 0 radical (unpaired) electrons. The molecule has 1 aliphatic rings. The smallest absolute Gasteiger partial charge is 0.303 e. The summed E-state index contributed by atoms with van der Waals surface area (Å²) < 4.78 is 0. The van der Waals surface area contributed by atoms with Crippen molar-refractivity contribution in [3.05, 3.63) is 0 Å². The van der Waals surface area contributed by atoms with Crippen LogP contribution in [0, 0.1) is 11.8 Å². The highest BCUT2D eigenvalue weighted by Crippen LogP contribution is 2.31. The van der Waals surface area contributed by atoms with Crippen molar-refractivity contribution in [2.24, 2.45) is 11.8 Å². The van der Waals surface area contributed by atoms with Crippen LogP contribution in [0.1, 0.15) is 46.0 Å². The Labute approximate surface area is 96.4 Å². The van der Waals surface area contributed by atoms with Crippen molar-refractivity contribution in [3.63, 3.8) is 0 Å². The van der Waals surface area contributed by atoms with E-state index in [4.69, 9.17) is 5.11 Å². The fourth-order valence-corrected chi connectivity index (χ4v) is 2.30. The van der Waals surface area contributed by atoms with Crippen molar-refractivity contribution < 1.29 is 14.7 Å². The molecule has 2 N–H and O–H groups in total. The molecule has 0 aliphatic heterocycles. The maximum absolute atomic E-state index is 11.9. The molecule has 0 aromatic heterocycles. The summed E-state index contributed by atoms with van der Waals surface area (Å²) in [5.41, 5.74) is 0. The highest BCUT2D eigenvalue weighted by Gasteiger charge is 2.30. The Morgan fingerprint density at radius 2 is 2.12 bits per heavy atom. The first kappa shape index (κ1) is 13.0. The number of carboxylic acids is 1. The van der Waals surface area contributed by atoms with Crippen molar-refractivity contribution in [2.45, 2.75) is 52.0 Å². The lowest BCUT2D eigenvalue weighted by atomic mass is 9.97. The van der Waals surface area contributed by atoms with Crippen LogP contribution >= 0.6 is 0 Å². The van der Waals surface area contributed by atoms with E-state index in [1.54, 1.807) is 0 Å². The molecular formula is C12H21NO3. The molecule has 1 aliphatic carbocycles. The van der Waals surface area contributed by atoms with Gasteiger partial charge in [0.15, 0.2) is 0 Å². The van der Waals surface area contributed by atoms with Crippen LogP contribution < -0.4 is 5.32 Å². The van der Waals surface area contributed by atoms with E-state index in [1.165, 1.54) is 0 Å². The normalized spacial score (nSPS) is 26.4. The SMILES string of the molecule is CC(CCC(=O)O)NC(=O)C1CCCC1C. The number of rotatable bonds is 5. The lowest BCUT2D eigenvalue weighted by molar-refractivity contribution is -0.137. The van der Waals surface area contributed by atoms with E-state index in [2.05, 4.69) is 12.2 Å². The van der Waals surface area contributed by atoms with Crippen molar-refractivity contribution in [2.75, 3.05) is 0 Å². The van der Waals surface area contributed by atoms with Crippen molar-refractivity contribution in [1.29, 1.82) is 0 Å². The van der Waals surface area contributed by atoms with Crippen molar-refractivity contribution >= 4 is 11.9 Å². The molecule has 3 atom stereocenters. The van der Waals surface area contributed by atoms with Gasteiger partial charge in [0, 0.05) is 18.4 Å². The zero-order valence-electron chi connectivity index (χ0n) is 10.0. The van der Waals surface area contributed by atoms with Gasteiger partial charge in [-0.25, -0.2) is 0 Å². The number of carbonyl (C=O) groups excluding carboxylic acids is 1. The average Bonchev–Trinajstić information content (AvgIpc) is 2.61. The molecule has 1 fully saturated rings. The Hall–Kier alpha value is -1.06. The largest absolute Gasteiger partial charge is 0.481 e. The van der Waals surface area contributed by atoms with Crippen LogP contribution in [0.25, 0.3) is 0 Å². The number of nitrogens with one attached hydrogen (secondary N) is 1. The zero-order valence-corrected chi connectivity index (χ0v) is 10.0. The number of hydrogen-bond donors (Lipinski definition) is 2. The first-order valence-corrected chi connectivity index (χ1v) is 6.03. The summed E-state index contributed by atoms with van der Waals surface area (Å²) in [6, 6.07) is -0.0450. The van der Waals surface area contributed by atoms with E-state index >= 15 is 0 Å². The topological polar surface area (TPSA) is 66.4 Å². The summed E-state index contributed by atoms with van der Waals surface area (Å²) in [7, 11) is 0.